The van der Waals surface area contributed by atoms with Crippen LogP contribution in [0.2, 0.25) is 0 Å². The van der Waals surface area contributed by atoms with Crippen LogP contribution in [0.3, 0.4) is 0 Å². The molecule has 0 aliphatic rings. The van der Waals surface area contributed by atoms with E-state index in [2.05, 4.69) is 35.9 Å². The molecule has 0 saturated heterocycles. The number of nitrogens with zero attached hydrogens (tertiary/aromatic N) is 2. The van der Waals surface area contributed by atoms with E-state index in [9.17, 15) is 24.0 Å². The third-order valence-corrected chi connectivity index (χ3v) is 14.3. The number of aromatic nitrogens is 4. The molecule has 388 valence electrons. The summed E-state index contributed by atoms with van der Waals surface area (Å²) in [5, 5.41) is 14.7. The predicted molar refractivity (Wildman–Crippen MR) is 306 cm³/mol. The fourth-order valence-electron chi connectivity index (χ4n) is 9.14. The van der Waals surface area contributed by atoms with Gasteiger partial charge in [-0.1, -0.05) is 84.9 Å². The minimum absolute atomic E-state index is 0.246. The normalized spacial score (nSPS) is 11.2. The van der Waals surface area contributed by atoms with E-state index < -0.39 is 23.5 Å². The molecule has 11 N–H and O–H groups in total. The van der Waals surface area contributed by atoms with Gasteiger partial charge >= 0.3 is 6.09 Å². The lowest BCUT2D eigenvalue weighted by Gasteiger charge is -2.20. The summed E-state index contributed by atoms with van der Waals surface area (Å²) in [6, 6.07) is 38.2. The van der Waals surface area contributed by atoms with Crippen molar-refractivity contribution in [1.29, 1.82) is 0 Å². The van der Waals surface area contributed by atoms with Crippen molar-refractivity contribution in [3.63, 3.8) is 0 Å². The molecule has 0 bridgehead atoms. The van der Waals surface area contributed by atoms with Gasteiger partial charge in [0.1, 0.15) is 5.60 Å². The second kappa shape index (κ2) is 22.3. The van der Waals surface area contributed by atoms with Crippen molar-refractivity contribution in [2.24, 2.45) is 17.2 Å². The summed E-state index contributed by atoms with van der Waals surface area (Å²) in [4.78, 5) is 77.2. The molecule has 4 aromatic heterocycles. The first kappa shape index (κ1) is 52.6. The molecule has 4 heterocycles. The Morgan fingerprint density at radius 2 is 1.01 bits per heavy atom. The number of anilines is 2. The molecule has 18 heteroatoms. The van der Waals surface area contributed by atoms with Crippen molar-refractivity contribution in [2.75, 3.05) is 10.6 Å². The van der Waals surface area contributed by atoms with Crippen LogP contribution in [0.25, 0.3) is 66.6 Å². The Bertz CT molecular complexity index is 3870. The molecule has 0 unspecified atom stereocenters. The number of nitrogens with two attached hydrogens (primary N) is 3. The second-order valence-corrected chi connectivity index (χ2v) is 20.7. The summed E-state index contributed by atoms with van der Waals surface area (Å²) >= 11 is 2.56. The molecule has 0 aliphatic carbocycles. The van der Waals surface area contributed by atoms with Gasteiger partial charge in [0.05, 0.1) is 22.2 Å². The van der Waals surface area contributed by atoms with Crippen molar-refractivity contribution >= 4 is 85.6 Å². The first-order valence-corrected chi connectivity index (χ1v) is 26.1. The summed E-state index contributed by atoms with van der Waals surface area (Å²) in [5.74, 6) is -1.60. The van der Waals surface area contributed by atoms with E-state index in [-0.39, 0.29) is 18.4 Å². The Hall–Kier alpha value is -9.23. The maximum Gasteiger partial charge on any atom is 0.407 e. The smallest absolute Gasteiger partial charge is 0.407 e. The van der Waals surface area contributed by atoms with Gasteiger partial charge in [0, 0.05) is 80.9 Å². The number of benzene rings is 6. The number of H-pyrrole nitrogens is 2. The molecule has 0 atom stereocenters. The van der Waals surface area contributed by atoms with Gasteiger partial charge in [-0.15, -0.1) is 22.7 Å². The fourth-order valence-corrected chi connectivity index (χ4v) is 10.2. The number of thiazole rings is 2. The van der Waals surface area contributed by atoms with Crippen molar-refractivity contribution in [1.82, 2.24) is 25.3 Å². The minimum Gasteiger partial charge on any atom is -0.444 e. The van der Waals surface area contributed by atoms with Crippen LogP contribution in [0, 0.1) is 13.8 Å². The Balaban J connectivity index is 0.000000191. The number of aromatic amines is 2. The first-order valence-electron chi connectivity index (χ1n) is 24.4. The number of hydrogen-bond donors (Lipinski definition) is 8. The fraction of sp³-hybridized carbons (Fsp3) is 0.136. The average Bonchev–Trinajstić information content (AvgIpc) is 4.27. The molecule has 16 nitrogen and oxygen atoms in total. The second-order valence-electron chi connectivity index (χ2n) is 18.9. The van der Waals surface area contributed by atoms with Crippen LogP contribution in [0.4, 0.5) is 16.2 Å². The molecule has 0 spiro atoms. The predicted octanol–water partition coefficient (Wildman–Crippen LogP) is 11.7. The van der Waals surface area contributed by atoms with Crippen LogP contribution in [-0.4, -0.2) is 55.3 Å². The van der Waals surface area contributed by atoms with Gasteiger partial charge in [-0.25, -0.2) is 14.8 Å². The zero-order valence-electron chi connectivity index (χ0n) is 42.7. The van der Waals surface area contributed by atoms with Crippen LogP contribution in [0.1, 0.15) is 83.3 Å². The minimum atomic E-state index is -0.610. The van der Waals surface area contributed by atoms with Gasteiger partial charge in [-0.3, -0.25) is 19.2 Å². The number of ether oxygens (including phenoxy) is 1. The number of carbonyl (C=O) groups is 5. The molecule has 10 aromatic rings. The Morgan fingerprint density at radius 3 is 1.44 bits per heavy atom. The highest BCUT2D eigenvalue weighted by Gasteiger charge is 2.22. The third-order valence-electron chi connectivity index (χ3n) is 12.8. The van der Waals surface area contributed by atoms with E-state index in [1.165, 1.54) is 22.7 Å². The number of amides is 5. The highest BCUT2D eigenvalue weighted by molar-refractivity contribution is 7.12. The van der Waals surface area contributed by atoms with Crippen molar-refractivity contribution in [3.8, 4) is 44.8 Å². The molecule has 77 heavy (non-hydrogen) atoms. The van der Waals surface area contributed by atoms with Gasteiger partial charge in [-0.05, 0) is 116 Å². The van der Waals surface area contributed by atoms with E-state index in [4.69, 9.17) is 21.9 Å². The van der Waals surface area contributed by atoms with Crippen molar-refractivity contribution in [3.05, 3.63) is 188 Å². The maximum atomic E-state index is 12.7. The molecule has 0 fully saturated rings. The zero-order chi connectivity index (χ0) is 54.5. The van der Waals surface area contributed by atoms with Crippen LogP contribution in [0.15, 0.2) is 144 Å². The molecule has 0 radical (unpaired) electrons. The van der Waals surface area contributed by atoms with Gasteiger partial charge in [0.25, 0.3) is 23.6 Å². The summed E-state index contributed by atoms with van der Waals surface area (Å²) in [6.07, 6.45) is 2.69. The maximum absolute atomic E-state index is 12.7. The molecular formula is C59H54N10O6S2. The lowest BCUT2D eigenvalue weighted by Crippen LogP contribution is -2.32. The standard InChI is InChI=1S/C32H31N5O4S.C27H23N5O2S/c1-18-20(10-7-11-25(18)37-29(39)30-34-14-15-42-30)22-12-13-23(28(33)38)27-24(22)16-26(36-27)21-9-6-5-8-19(21)17-35-31(40)41-32(2,3)4;1-15-17(7-4-8-22(15)32-26(34)27-30-11-12-35-27)19-9-10-20(25(29)33)24-21(19)13-23(31-24)18-6-3-2-5-16(18)14-28/h5-16,36H,17H2,1-4H3,(H2,33,38)(H,35,40)(H,37,39);2-13,31H,14,28H2,1H3,(H2,29,33)(H,32,34). The van der Waals surface area contributed by atoms with Crippen molar-refractivity contribution in [2.45, 2.75) is 53.3 Å². The number of rotatable bonds is 13. The Labute approximate surface area is 451 Å². The number of hydrogen-bond acceptors (Lipinski definition) is 11. The summed E-state index contributed by atoms with van der Waals surface area (Å²) < 4.78 is 5.39. The summed E-state index contributed by atoms with van der Waals surface area (Å²) in [5.41, 5.74) is 30.8. The quantitative estimate of drug-likeness (QED) is 0.0545. The van der Waals surface area contributed by atoms with E-state index in [1.54, 1.807) is 35.3 Å². The third kappa shape index (κ3) is 11.4. The van der Waals surface area contributed by atoms with E-state index in [0.717, 1.165) is 77.8 Å². The highest BCUT2D eigenvalue weighted by atomic mass is 32.1. The number of alkyl carbamates (subject to hydrolysis) is 1. The number of nitrogens with one attached hydrogen (secondary N) is 5. The van der Waals surface area contributed by atoms with E-state index >= 15 is 0 Å². The largest absolute Gasteiger partial charge is 0.444 e. The molecule has 5 amide bonds. The van der Waals surface area contributed by atoms with Crippen molar-refractivity contribution < 1.29 is 28.7 Å². The monoisotopic (exact) mass is 1060 g/mol. The number of carbonyl (C=O) groups excluding carboxylic acids is 5. The molecular weight excluding hydrogens is 1010 g/mol. The first-order chi connectivity index (χ1) is 37.0. The van der Waals surface area contributed by atoms with Crippen LogP contribution in [0.5, 0.6) is 0 Å². The lowest BCUT2D eigenvalue weighted by atomic mass is 9.94. The van der Waals surface area contributed by atoms with Crippen LogP contribution < -0.4 is 33.2 Å². The topological polar surface area (TPSA) is 266 Å². The molecule has 10 rings (SSSR count). The summed E-state index contributed by atoms with van der Waals surface area (Å²) in [7, 11) is 0. The number of fused-ring (bicyclic) bond motifs is 2. The zero-order valence-corrected chi connectivity index (χ0v) is 44.3. The van der Waals surface area contributed by atoms with Gasteiger partial charge in [0.15, 0.2) is 10.0 Å². The number of primary amides is 2. The SMILES string of the molecule is Cc1c(NC(=O)c2nccs2)cccc1-c1ccc(C(N)=O)c2[nH]c(-c3ccccc3CN)cc12.Cc1c(NC(=O)c2nccs2)cccc1-c1ccc(C(N)=O)c2[nH]c(-c3ccccc3CNC(=O)OC(C)(C)C)cc12. The lowest BCUT2D eigenvalue weighted by molar-refractivity contribution is 0.0523. The van der Waals surface area contributed by atoms with Crippen LogP contribution >= 0.6 is 22.7 Å². The van der Waals surface area contributed by atoms with Gasteiger partial charge in [-0.2, -0.15) is 0 Å². The Morgan fingerprint density at radius 1 is 0.571 bits per heavy atom. The Kier molecular flexibility index (Phi) is 15.3. The highest BCUT2D eigenvalue weighted by Crippen LogP contribution is 2.40. The van der Waals surface area contributed by atoms with Crippen LogP contribution in [-0.2, 0) is 17.8 Å². The average molecular weight is 1060 g/mol. The molecule has 0 aliphatic heterocycles. The van der Waals surface area contributed by atoms with Gasteiger partial charge < -0.3 is 47.9 Å². The molecule has 6 aromatic carbocycles. The summed E-state index contributed by atoms with van der Waals surface area (Å²) in [6.45, 7) is 9.96. The van der Waals surface area contributed by atoms with E-state index in [1.807, 2.05) is 144 Å². The molecule has 0 saturated carbocycles. The van der Waals surface area contributed by atoms with Gasteiger partial charge in [0.2, 0.25) is 0 Å². The van der Waals surface area contributed by atoms with E-state index in [0.29, 0.717) is 50.1 Å².